The van der Waals surface area contributed by atoms with E-state index in [0.29, 0.717) is 5.69 Å². The molecule has 1 aliphatic rings. The minimum absolute atomic E-state index is 0.0924. The van der Waals surface area contributed by atoms with E-state index in [1.165, 1.54) is 11.3 Å². The van der Waals surface area contributed by atoms with Crippen LogP contribution in [0.15, 0.2) is 36.5 Å². The Bertz CT molecular complexity index is 976. The van der Waals surface area contributed by atoms with Crippen LogP contribution in [-0.2, 0) is 38.8 Å². The van der Waals surface area contributed by atoms with E-state index < -0.39 is 18.1 Å². The summed E-state index contributed by atoms with van der Waals surface area (Å²) in [6.45, 7) is 2.43. The summed E-state index contributed by atoms with van der Waals surface area (Å²) in [6, 6.07) is 8.77. The lowest BCUT2D eigenvalue weighted by molar-refractivity contribution is -0.144. The number of nitrogens with one attached hydrogen (secondary N) is 1. The largest absolute Gasteiger partial charge is 0.465 e. The van der Waals surface area contributed by atoms with Crippen molar-refractivity contribution in [1.29, 1.82) is 0 Å². The molecule has 11 nitrogen and oxygen atoms in total. The van der Waals surface area contributed by atoms with Gasteiger partial charge in [-0.3, -0.25) is 19.2 Å². The normalized spacial score (nSPS) is 14.6. The lowest BCUT2D eigenvalue weighted by atomic mass is 9.84. The first-order valence-corrected chi connectivity index (χ1v) is 12.5. The Hall–Kier alpha value is -3.47. The van der Waals surface area contributed by atoms with Crippen molar-refractivity contribution in [3.05, 3.63) is 47.8 Å². The molecule has 3 N–H and O–H groups in total. The van der Waals surface area contributed by atoms with Gasteiger partial charge in [0.15, 0.2) is 0 Å². The van der Waals surface area contributed by atoms with Crippen LogP contribution in [-0.4, -0.2) is 63.6 Å². The van der Waals surface area contributed by atoms with E-state index in [1.807, 2.05) is 30.3 Å². The molecule has 11 heteroatoms. The maximum absolute atomic E-state index is 12.6. The maximum Gasteiger partial charge on any atom is 0.410 e. The lowest BCUT2D eigenvalue weighted by Gasteiger charge is -2.26. The fourth-order valence-electron chi connectivity index (χ4n) is 4.16. The molecule has 1 atom stereocenters. The number of carbonyl (C=O) groups is 3. The number of hydrogen-bond acceptors (Lipinski definition) is 8. The van der Waals surface area contributed by atoms with Crippen LogP contribution in [0.4, 0.5) is 4.79 Å². The van der Waals surface area contributed by atoms with E-state index in [4.69, 9.17) is 15.2 Å². The van der Waals surface area contributed by atoms with Crippen LogP contribution < -0.4 is 11.1 Å². The molecule has 2 amide bonds. The molecule has 2 aromatic rings. The number of hydrogen-bond donors (Lipinski definition) is 2. The zero-order valence-electron chi connectivity index (χ0n) is 20.8. The van der Waals surface area contributed by atoms with Crippen LogP contribution in [0.2, 0.25) is 0 Å². The van der Waals surface area contributed by atoms with E-state index in [1.54, 1.807) is 17.8 Å². The smallest absolute Gasteiger partial charge is 0.410 e. The Kier molecular flexibility index (Phi) is 10.7. The van der Waals surface area contributed by atoms with Crippen molar-refractivity contribution in [2.24, 2.45) is 11.7 Å². The average Bonchev–Trinajstić information content (AvgIpc) is 3.37. The molecule has 1 heterocycles. The third-order valence-electron chi connectivity index (χ3n) is 6.18. The number of carbonyl (C=O) groups excluding carboxylic acids is 3. The predicted octanol–water partition coefficient (Wildman–Crippen LogP) is 2.00. The first kappa shape index (κ1) is 27.1. The molecular formula is C25H36N6O5. The number of rotatable bonds is 12. The molecule has 1 aromatic heterocycles. The molecule has 0 unspecified atom stereocenters. The fourth-order valence-corrected chi connectivity index (χ4v) is 4.16. The van der Waals surface area contributed by atoms with Crippen LogP contribution >= 0.6 is 0 Å². The lowest BCUT2D eigenvalue weighted by Crippen LogP contribution is -2.45. The van der Waals surface area contributed by atoms with E-state index in [9.17, 15) is 14.4 Å². The van der Waals surface area contributed by atoms with Gasteiger partial charge in [-0.05, 0) is 31.2 Å². The number of ether oxygens (including phenoxy) is 2. The molecule has 196 valence electrons. The summed E-state index contributed by atoms with van der Waals surface area (Å²) in [5.74, 6) is -0.481. The van der Waals surface area contributed by atoms with E-state index >= 15 is 0 Å². The highest BCUT2D eigenvalue weighted by Gasteiger charge is 2.26. The number of nitrogens with zero attached hydrogens (tertiary/aromatic N) is 4. The second-order valence-electron chi connectivity index (χ2n) is 8.88. The quantitative estimate of drug-likeness (QED) is 0.422. The Morgan fingerprint density at radius 2 is 1.92 bits per heavy atom. The number of benzene rings is 1. The topological polar surface area (TPSA) is 142 Å². The minimum Gasteiger partial charge on any atom is -0.465 e. The molecule has 0 radical (unpaired) electrons. The molecule has 3 rings (SSSR count). The molecule has 1 aromatic carbocycles. The van der Waals surface area contributed by atoms with Crippen molar-refractivity contribution in [1.82, 2.24) is 25.2 Å². The van der Waals surface area contributed by atoms with Crippen molar-refractivity contribution in [2.45, 2.75) is 64.8 Å². The van der Waals surface area contributed by atoms with Gasteiger partial charge in [-0.1, -0.05) is 54.8 Å². The second kappa shape index (κ2) is 14.2. The van der Waals surface area contributed by atoms with Crippen molar-refractivity contribution < 1.29 is 23.9 Å². The van der Waals surface area contributed by atoms with Gasteiger partial charge in [-0.2, -0.15) is 0 Å². The minimum atomic E-state index is -0.629. The molecule has 0 aliphatic heterocycles. The highest BCUT2D eigenvalue weighted by Crippen LogP contribution is 2.25. The third-order valence-corrected chi connectivity index (χ3v) is 6.18. The Morgan fingerprint density at radius 1 is 1.17 bits per heavy atom. The van der Waals surface area contributed by atoms with Gasteiger partial charge in [0.1, 0.15) is 18.8 Å². The van der Waals surface area contributed by atoms with Crippen molar-refractivity contribution in [2.75, 3.05) is 19.7 Å². The summed E-state index contributed by atoms with van der Waals surface area (Å²) in [4.78, 5) is 38.4. The zero-order chi connectivity index (χ0) is 25.8. The summed E-state index contributed by atoms with van der Waals surface area (Å²) in [6.07, 6.45) is 6.47. The summed E-state index contributed by atoms with van der Waals surface area (Å²) in [5.41, 5.74) is 7.57. The van der Waals surface area contributed by atoms with Gasteiger partial charge in [0, 0.05) is 6.54 Å². The molecule has 1 fully saturated rings. The van der Waals surface area contributed by atoms with E-state index in [-0.39, 0.29) is 51.2 Å². The summed E-state index contributed by atoms with van der Waals surface area (Å²) in [7, 11) is 0. The van der Waals surface area contributed by atoms with Gasteiger partial charge in [0.2, 0.25) is 5.91 Å². The van der Waals surface area contributed by atoms with Crippen LogP contribution in [0, 0.1) is 5.92 Å². The van der Waals surface area contributed by atoms with Gasteiger partial charge in [0.05, 0.1) is 31.9 Å². The molecule has 0 saturated heterocycles. The standard InChI is InChI=1S/C25H36N6O5/c1-2-35-22(32)17-30(25(34)36-18-19-9-5-3-6-10-19)13-14-31-16-21(28-29-31)15-27-24(33)23(26)20-11-7-4-8-12-20/h3,5-6,9-10,16,20,23H,2,4,7-8,11-15,17-18,26H2,1H3,(H,27,33)/t23-/m1/s1. The Balaban J connectivity index is 1.49. The third kappa shape index (κ3) is 8.63. The number of aromatic nitrogens is 3. The number of esters is 1. The number of nitrogens with two attached hydrogens (primary N) is 1. The van der Waals surface area contributed by atoms with E-state index in [2.05, 4.69) is 15.6 Å². The van der Waals surface area contributed by atoms with Crippen LogP contribution in [0.25, 0.3) is 0 Å². The number of amides is 2. The van der Waals surface area contributed by atoms with Gasteiger partial charge in [-0.25, -0.2) is 4.79 Å². The second-order valence-corrected chi connectivity index (χ2v) is 8.88. The molecular weight excluding hydrogens is 464 g/mol. The Morgan fingerprint density at radius 3 is 2.64 bits per heavy atom. The highest BCUT2D eigenvalue weighted by atomic mass is 16.6. The summed E-state index contributed by atoms with van der Waals surface area (Å²) in [5, 5.41) is 11.0. The van der Waals surface area contributed by atoms with E-state index in [0.717, 1.165) is 31.2 Å². The van der Waals surface area contributed by atoms with Crippen LogP contribution in [0.1, 0.15) is 50.3 Å². The van der Waals surface area contributed by atoms with Gasteiger partial charge < -0.3 is 20.5 Å². The molecule has 1 aliphatic carbocycles. The zero-order valence-corrected chi connectivity index (χ0v) is 20.8. The van der Waals surface area contributed by atoms with Gasteiger partial charge in [-0.15, -0.1) is 5.10 Å². The molecule has 1 saturated carbocycles. The SMILES string of the molecule is CCOC(=O)CN(CCn1cc(CNC(=O)[C@H](N)C2CCCCC2)nn1)C(=O)OCc1ccccc1. The first-order valence-electron chi connectivity index (χ1n) is 12.5. The monoisotopic (exact) mass is 500 g/mol. The predicted molar refractivity (Wildman–Crippen MR) is 131 cm³/mol. The fraction of sp³-hybridized carbons (Fsp3) is 0.560. The molecule has 0 spiro atoms. The first-order chi connectivity index (χ1) is 17.5. The highest BCUT2D eigenvalue weighted by molar-refractivity contribution is 5.81. The molecule has 0 bridgehead atoms. The van der Waals surface area contributed by atoms with Gasteiger partial charge in [0.25, 0.3) is 0 Å². The summed E-state index contributed by atoms with van der Waals surface area (Å²) < 4.78 is 11.9. The Labute approximate surface area is 211 Å². The van der Waals surface area contributed by atoms with Crippen molar-refractivity contribution in [3.63, 3.8) is 0 Å². The average molecular weight is 501 g/mol. The van der Waals surface area contributed by atoms with Crippen LogP contribution in [0.5, 0.6) is 0 Å². The van der Waals surface area contributed by atoms with Crippen molar-refractivity contribution in [3.8, 4) is 0 Å². The summed E-state index contributed by atoms with van der Waals surface area (Å²) >= 11 is 0. The molecule has 36 heavy (non-hydrogen) atoms. The van der Waals surface area contributed by atoms with Crippen LogP contribution in [0.3, 0.4) is 0 Å². The van der Waals surface area contributed by atoms with Crippen molar-refractivity contribution >= 4 is 18.0 Å². The maximum atomic E-state index is 12.6. The van der Waals surface area contributed by atoms with Gasteiger partial charge >= 0.3 is 12.1 Å².